The number of rotatable bonds is 6. The van der Waals surface area contributed by atoms with Crippen LogP contribution in [0.1, 0.15) is 42.6 Å². The Bertz CT molecular complexity index is 334. The van der Waals surface area contributed by atoms with Crippen molar-refractivity contribution >= 4 is 11.3 Å². The van der Waals surface area contributed by atoms with Crippen LogP contribution in [0.4, 0.5) is 0 Å². The highest BCUT2D eigenvalue weighted by Crippen LogP contribution is 2.25. The van der Waals surface area contributed by atoms with Crippen LogP contribution in [0.25, 0.3) is 0 Å². The second-order valence-corrected chi connectivity index (χ2v) is 5.91. The molecule has 0 amide bonds. The quantitative estimate of drug-likeness (QED) is 0.847. The molecule has 1 aliphatic rings. The van der Waals surface area contributed by atoms with E-state index in [2.05, 4.69) is 24.1 Å². The lowest BCUT2D eigenvalue weighted by Gasteiger charge is -2.09. The van der Waals surface area contributed by atoms with Crippen LogP contribution in [-0.4, -0.2) is 24.7 Å². The number of hydrogen-bond acceptors (Lipinski definition) is 4. The van der Waals surface area contributed by atoms with Crippen molar-refractivity contribution in [1.82, 2.24) is 10.3 Å². The van der Waals surface area contributed by atoms with E-state index in [1.807, 2.05) is 17.5 Å². The maximum atomic E-state index is 5.40. The summed E-state index contributed by atoms with van der Waals surface area (Å²) in [7, 11) is 0. The van der Waals surface area contributed by atoms with E-state index in [-0.39, 0.29) is 0 Å². The summed E-state index contributed by atoms with van der Waals surface area (Å²) in [6.07, 6.45) is 5.49. The van der Waals surface area contributed by atoms with Gasteiger partial charge < -0.3 is 10.1 Å². The minimum Gasteiger partial charge on any atom is -0.381 e. The van der Waals surface area contributed by atoms with E-state index in [4.69, 9.17) is 4.74 Å². The molecule has 0 spiro atoms. The van der Waals surface area contributed by atoms with E-state index in [1.54, 1.807) is 0 Å². The lowest BCUT2D eigenvalue weighted by atomic mass is 10.1. The van der Waals surface area contributed by atoms with Crippen molar-refractivity contribution in [2.24, 2.45) is 5.92 Å². The van der Waals surface area contributed by atoms with Crippen molar-refractivity contribution in [3.8, 4) is 0 Å². The Balaban J connectivity index is 1.86. The Morgan fingerprint density at radius 1 is 1.65 bits per heavy atom. The Morgan fingerprint density at radius 3 is 3.24 bits per heavy atom. The van der Waals surface area contributed by atoms with Crippen LogP contribution in [0.3, 0.4) is 0 Å². The first-order valence-corrected chi connectivity index (χ1v) is 7.37. The van der Waals surface area contributed by atoms with Crippen molar-refractivity contribution in [2.45, 2.75) is 39.2 Å². The van der Waals surface area contributed by atoms with Gasteiger partial charge in [0.2, 0.25) is 0 Å². The zero-order valence-corrected chi connectivity index (χ0v) is 11.6. The molecular weight excluding hydrogens is 232 g/mol. The molecule has 0 radical (unpaired) electrons. The summed E-state index contributed by atoms with van der Waals surface area (Å²) in [6, 6.07) is 0.432. The van der Waals surface area contributed by atoms with Gasteiger partial charge in [-0.2, -0.15) is 0 Å². The third-order valence-electron chi connectivity index (χ3n) is 3.19. The molecule has 1 N–H and O–H groups in total. The average molecular weight is 254 g/mol. The maximum absolute atomic E-state index is 5.40. The van der Waals surface area contributed by atoms with Gasteiger partial charge in [0.15, 0.2) is 0 Å². The topological polar surface area (TPSA) is 34.2 Å². The minimum atomic E-state index is 0.432. The van der Waals surface area contributed by atoms with Crippen molar-refractivity contribution in [3.63, 3.8) is 0 Å². The van der Waals surface area contributed by atoms with Gasteiger partial charge >= 0.3 is 0 Å². The number of nitrogens with one attached hydrogen (secondary N) is 1. The van der Waals surface area contributed by atoms with Crippen LogP contribution >= 0.6 is 11.3 Å². The van der Waals surface area contributed by atoms with Crippen LogP contribution in [0.5, 0.6) is 0 Å². The first kappa shape index (κ1) is 13.0. The highest BCUT2D eigenvalue weighted by molar-refractivity contribution is 7.11. The molecule has 1 aromatic heterocycles. The lowest BCUT2D eigenvalue weighted by Crippen LogP contribution is -2.18. The van der Waals surface area contributed by atoms with Gasteiger partial charge in [-0.25, -0.2) is 4.98 Å². The Hall–Kier alpha value is -0.450. The van der Waals surface area contributed by atoms with E-state index in [0.29, 0.717) is 12.0 Å². The molecule has 2 unspecified atom stereocenters. The molecule has 2 rings (SSSR count). The molecule has 2 atom stereocenters. The number of thiazole rings is 1. The maximum Gasteiger partial charge on any atom is 0.0931 e. The monoisotopic (exact) mass is 254 g/mol. The fourth-order valence-corrected chi connectivity index (χ4v) is 3.13. The second kappa shape index (κ2) is 6.47. The molecule has 96 valence electrons. The molecule has 0 bridgehead atoms. The number of nitrogens with zero attached hydrogens (tertiary/aromatic N) is 1. The Morgan fingerprint density at radius 2 is 2.53 bits per heavy atom. The fraction of sp³-hybridized carbons (Fsp3) is 0.769. The smallest absolute Gasteiger partial charge is 0.0931 e. The summed E-state index contributed by atoms with van der Waals surface area (Å²) in [5.74, 6) is 0.688. The van der Waals surface area contributed by atoms with Crippen LogP contribution in [0, 0.1) is 5.92 Å². The molecule has 1 fully saturated rings. The predicted molar refractivity (Wildman–Crippen MR) is 71.5 cm³/mol. The van der Waals surface area contributed by atoms with Crippen LogP contribution in [0.15, 0.2) is 6.20 Å². The van der Waals surface area contributed by atoms with Gasteiger partial charge in [0.25, 0.3) is 0 Å². The number of ether oxygens (including phenoxy) is 1. The molecule has 0 aliphatic carbocycles. The summed E-state index contributed by atoms with van der Waals surface area (Å²) >= 11 is 1.85. The molecule has 1 aromatic rings. The van der Waals surface area contributed by atoms with Crippen LogP contribution in [0.2, 0.25) is 0 Å². The van der Waals surface area contributed by atoms with Gasteiger partial charge in [-0.3, -0.25) is 0 Å². The summed E-state index contributed by atoms with van der Waals surface area (Å²) in [6.45, 7) is 7.32. The molecule has 4 heteroatoms. The first-order chi connectivity index (χ1) is 8.29. The molecule has 0 saturated carbocycles. The van der Waals surface area contributed by atoms with Crippen LogP contribution < -0.4 is 5.32 Å². The molecule has 1 saturated heterocycles. The van der Waals surface area contributed by atoms with Crippen molar-refractivity contribution < 1.29 is 4.74 Å². The summed E-state index contributed by atoms with van der Waals surface area (Å²) < 4.78 is 5.40. The molecule has 3 nitrogen and oxygen atoms in total. The number of aromatic nitrogens is 1. The summed E-state index contributed by atoms with van der Waals surface area (Å²) in [5, 5.41) is 4.77. The standard InChI is InChI=1S/C13H22N2OS/c1-3-5-14-10(2)12-8-15-13(17-12)7-11-4-6-16-9-11/h8,10-11,14H,3-7,9H2,1-2H3. The third kappa shape index (κ3) is 3.76. The van der Waals surface area contributed by atoms with E-state index >= 15 is 0 Å². The van der Waals surface area contributed by atoms with Gasteiger partial charge in [-0.1, -0.05) is 6.92 Å². The summed E-state index contributed by atoms with van der Waals surface area (Å²) in [4.78, 5) is 5.89. The van der Waals surface area contributed by atoms with Gasteiger partial charge in [0, 0.05) is 36.8 Å². The normalized spacial score (nSPS) is 21.9. The largest absolute Gasteiger partial charge is 0.381 e. The van der Waals surface area contributed by atoms with Gasteiger partial charge in [0.1, 0.15) is 0 Å². The highest BCUT2D eigenvalue weighted by Gasteiger charge is 2.18. The van der Waals surface area contributed by atoms with Gasteiger partial charge in [-0.05, 0) is 32.2 Å². The first-order valence-electron chi connectivity index (χ1n) is 6.55. The second-order valence-electron chi connectivity index (χ2n) is 4.77. The SMILES string of the molecule is CCCNC(C)c1cnc(CC2CCOC2)s1. The zero-order valence-electron chi connectivity index (χ0n) is 10.7. The molecule has 1 aliphatic heterocycles. The van der Waals surface area contributed by atoms with E-state index in [9.17, 15) is 0 Å². The van der Waals surface area contributed by atoms with Crippen molar-refractivity contribution in [3.05, 3.63) is 16.1 Å². The highest BCUT2D eigenvalue weighted by atomic mass is 32.1. The predicted octanol–water partition coefficient (Wildman–Crippen LogP) is 2.78. The number of hydrogen-bond donors (Lipinski definition) is 1. The molecule has 2 heterocycles. The van der Waals surface area contributed by atoms with Crippen molar-refractivity contribution in [1.29, 1.82) is 0 Å². The zero-order chi connectivity index (χ0) is 12.1. The molecular formula is C13H22N2OS. The minimum absolute atomic E-state index is 0.432. The van der Waals surface area contributed by atoms with Crippen molar-refractivity contribution in [2.75, 3.05) is 19.8 Å². The third-order valence-corrected chi connectivity index (χ3v) is 4.39. The molecule has 0 aromatic carbocycles. The van der Waals surface area contributed by atoms with E-state index in [0.717, 1.165) is 26.2 Å². The summed E-state index contributed by atoms with van der Waals surface area (Å²) in [5.41, 5.74) is 0. The van der Waals surface area contributed by atoms with Gasteiger partial charge in [0.05, 0.1) is 5.01 Å². The van der Waals surface area contributed by atoms with E-state index < -0.39 is 0 Å². The lowest BCUT2D eigenvalue weighted by molar-refractivity contribution is 0.186. The van der Waals surface area contributed by atoms with E-state index in [1.165, 1.54) is 22.7 Å². The Kier molecular flexibility index (Phi) is 4.95. The fourth-order valence-electron chi connectivity index (χ4n) is 2.07. The molecule has 17 heavy (non-hydrogen) atoms. The van der Waals surface area contributed by atoms with Crippen LogP contribution in [-0.2, 0) is 11.2 Å². The average Bonchev–Trinajstić information content (AvgIpc) is 2.98. The van der Waals surface area contributed by atoms with Gasteiger partial charge in [-0.15, -0.1) is 11.3 Å². The Labute approximate surface area is 108 Å².